The first-order valence-corrected chi connectivity index (χ1v) is 3.41. The molecule has 2 fully saturated rings. The van der Waals surface area contributed by atoms with Gasteiger partial charge < -0.3 is 4.74 Å². The highest BCUT2D eigenvalue weighted by atomic mass is 16.6. The molecule has 2 rings (SSSR count). The summed E-state index contributed by atoms with van der Waals surface area (Å²) >= 11 is 0. The molecule has 1 heterocycles. The SMILES string of the molecule is C[C@@H]1CC[C@@H]2O[C@]12C. The van der Waals surface area contributed by atoms with Gasteiger partial charge in [-0.2, -0.15) is 0 Å². The predicted molar refractivity (Wildman–Crippen MR) is 31.7 cm³/mol. The fourth-order valence-corrected chi connectivity index (χ4v) is 1.74. The molecule has 3 atom stereocenters. The minimum absolute atomic E-state index is 0.319. The molecule has 0 spiro atoms. The molecular weight excluding hydrogens is 100 g/mol. The van der Waals surface area contributed by atoms with Gasteiger partial charge in [0.15, 0.2) is 0 Å². The van der Waals surface area contributed by atoms with Crippen LogP contribution in [0.5, 0.6) is 0 Å². The van der Waals surface area contributed by atoms with E-state index in [0.29, 0.717) is 11.7 Å². The third-order valence-corrected chi connectivity index (χ3v) is 2.82. The van der Waals surface area contributed by atoms with Crippen molar-refractivity contribution in [3.8, 4) is 0 Å². The monoisotopic (exact) mass is 112 g/mol. The van der Waals surface area contributed by atoms with Gasteiger partial charge in [-0.25, -0.2) is 0 Å². The molecule has 0 aromatic rings. The van der Waals surface area contributed by atoms with E-state index in [1.165, 1.54) is 12.8 Å². The van der Waals surface area contributed by atoms with Gasteiger partial charge in [0.1, 0.15) is 0 Å². The van der Waals surface area contributed by atoms with E-state index in [9.17, 15) is 0 Å². The molecule has 1 nitrogen and oxygen atoms in total. The van der Waals surface area contributed by atoms with Crippen LogP contribution in [0, 0.1) is 5.92 Å². The van der Waals surface area contributed by atoms with Gasteiger partial charge in [0.05, 0.1) is 11.7 Å². The van der Waals surface area contributed by atoms with Gasteiger partial charge in [0.2, 0.25) is 0 Å². The van der Waals surface area contributed by atoms with Crippen LogP contribution in [0.25, 0.3) is 0 Å². The maximum absolute atomic E-state index is 5.45. The summed E-state index contributed by atoms with van der Waals surface area (Å²) in [6.45, 7) is 4.52. The van der Waals surface area contributed by atoms with Gasteiger partial charge in [-0.1, -0.05) is 6.92 Å². The van der Waals surface area contributed by atoms with Crippen LogP contribution in [0.1, 0.15) is 26.7 Å². The highest BCUT2D eigenvalue weighted by Gasteiger charge is 2.59. The van der Waals surface area contributed by atoms with E-state index in [1.54, 1.807) is 0 Å². The average molecular weight is 112 g/mol. The lowest BCUT2D eigenvalue weighted by atomic mass is 10.00. The second-order valence-corrected chi connectivity index (χ2v) is 3.27. The van der Waals surface area contributed by atoms with Gasteiger partial charge in [-0.3, -0.25) is 0 Å². The van der Waals surface area contributed by atoms with Crippen LogP contribution in [0.2, 0.25) is 0 Å². The summed E-state index contributed by atoms with van der Waals surface area (Å²) in [5, 5.41) is 0. The maximum atomic E-state index is 5.45. The molecule has 0 aromatic carbocycles. The van der Waals surface area contributed by atoms with Crippen molar-refractivity contribution in [2.75, 3.05) is 0 Å². The minimum Gasteiger partial charge on any atom is -0.366 e. The van der Waals surface area contributed by atoms with Gasteiger partial charge >= 0.3 is 0 Å². The molecule has 1 saturated heterocycles. The largest absolute Gasteiger partial charge is 0.366 e. The maximum Gasteiger partial charge on any atom is 0.0945 e. The van der Waals surface area contributed by atoms with E-state index in [0.717, 1.165) is 5.92 Å². The molecule has 0 unspecified atom stereocenters. The Morgan fingerprint density at radius 2 is 2.25 bits per heavy atom. The lowest BCUT2D eigenvalue weighted by Crippen LogP contribution is -2.12. The molecular formula is C7H12O. The summed E-state index contributed by atoms with van der Waals surface area (Å²) in [5.74, 6) is 0.812. The van der Waals surface area contributed by atoms with Crippen LogP contribution in [0.3, 0.4) is 0 Å². The standard InChI is InChI=1S/C7H12O/c1-5-3-4-6-7(5,2)8-6/h5-6H,3-4H2,1-2H3/t5-,6+,7-/m1/s1. The minimum atomic E-state index is 0.319. The topological polar surface area (TPSA) is 12.5 Å². The predicted octanol–water partition coefficient (Wildman–Crippen LogP) is 1.57. The van der Waals surface area contributed by atoms with E-state index >= 15 is 0 Å². The Labute approximate surface area is 50.0 Å². The number of hydrogen-bond acceptors (Lipinski definition) is 1. The van der Waals surface area contributed by atoms with Crippen molar-refractivity contribution in [2.24, 2.45) is 5.92 Å². The van der Waals surface area contributed by atoms with Gasteiger partial charge in [0, 0.05) is 0 Å². The van der Waals surface area contributed by atoms with Crippen LogP contribution in [-0.2, 0) is 4.74 Å². The van der Waals surface area contributed by atoms with Crippen LogP contribution >= 0.6 is 0 Å². The van der Waals surface area contributed by atoms with Crippen molar-refractivity contribution in [3.63, 3.8) is 0 Å². The summed E-state index contributed by atoms with van der Waals surface area (Å²) in [6.07, 6.45) is 3.32. The summed E-state index contributed by atoms with van der Waals surface area (Å²) in [7, 11) is 0. The Hall–Kier alpha value is -0.0400. The Morgan fingerprint density at radius 3 is 2.38 bits per heavy atom. The van der Waals surface area contributed by atoms with E-state index in [4.69, 9.17) is 4.74 Å². The Balaban J connectivity index is 2.19. The van der Waals surface area contributed by atoms with E-state index in [1.807, 2.05) is 0 Å². The first-order chi connectivity index (χ1) is 3.73. The molecule has 0 bridgehead atoms. The van der Waals surface area contributed by atoms with E-state index in [2.05, 4.69) is 13.8 Å². The number of fused-ring (bicyclic) bond motifs is 1. The molecule has 1 saturated carbocycles. The molecule has 2 aliphatic rings. The molecule has 1 heteroatoms. The van der Waals surface area contributed by atoms with Crippen molar-refractivity contribution in [1.82, 2.24) is 0 Å². The summed E-state index contributed by atoms with van der Waals surface area (Å²) < 4.78 is 5.45. The molecule has 1 aliphatic carbocycles. The lowest BCUT2D eigenvalue weighted by Gasteiger charge is -2.07. The third-order valence-electron chi connectivity index (χ3n) is 2.82. The summed E-state index contributed by atoms with van der Waals surface area (Å²) in [5.41, 5.74) is 0.319. The first-order valence-electron chi connectivity index (χ1n) is 3.41. The third kappa shape index (κ3) is 0.368. The van der Waals surface area contributed by atoms with Crippen molar-refractivity contribution in [3.05, 3.63) is 0 Å². The highest BCUT2D eigenvalue weighted by molar-refractivity contribution is 5.07. The van der Waals surface area contributed by atoms with Crippen molar-refractivity contribution in [2.45, 2.75) is 38.4 Å². The molecule has 0 amide bonds. The quantitative estimate of drug-likeness (QED) is 0.433. The summed E-state index contributed by atoms with van der Waals surface area (Å²) in [6, 6.07) is 0. The molecule has 0 aromatic heterocycles. The van der Waals surface area contributed by atoms with Gasteiger partial charge in [-0.15, -0.1) is 0 Å². The lowest BCUT2D eigenvalue weighted by molar-refractivity contribution is 0.211. The molecule has 1 aliphatic heterocycles. The zero-order valence-electron chi connectivity index (χ0n) is 5.48. The summed E-state index contributed by atoms with van der Waals surface area (Å²) in [4.78, 5) is 0. The molecule has 46 valence electrons. The van der Waals surface area contributed by atoms with Crippen LogP contribution < -0.4 is 0 Å². The zero-order valence-corrected chi connectivity index (χ0v) is 5.48. The average Bonchev–Trinajstić information content (AvgIpc) is 2.31. The highest BCUT2D eigenvalue weighted by Crippen LogP contribution is 2.52. The smallest absolute Gasteiger partial charge is 0.0945 e. The Bertz CT molecular complexity index is 120. The fourth-order valence-electron chi connectivity index (χ4n) is 1.74. The molecule has 8 heavy (non-hydrogen) atoms. The Morgan fingerprint density at radius 1 is 1.50 bits per heavy atom. The normalized spacial score (nSPS) is 60.8. The molecule has 0 radical (unpaired) electrons. The first kappa shape index (κ1) is 4.80. The fraction of sp³-hybridized carbons (Fsp3) is 1.00. The van der Waals surface area contributed by atoms with Gasteiger partial charge in [0.25, 0.3) is 0 Å². The van der Waals surface area contributed by atoms with E-state index in [-0.39, 0.29) is 0 Å². The van der Waals surface area contributed by atoms with Crippen LogP contribution in [0.4, 0.5) is 0 Å². The Kier molecular flexibility index (Phi) is 0.663. The van der Waals surface area contributed by atoms with Crippen LogP contribution in [0.15, 0.2) is 0 Å². The van der Waals surface area contributed by atoms with E-state index < -0.39 is 0 Å². The number of hydrogen-bond donors (Lipinski definition) is 0. The number of ether oxygens (including phenoxy) is 1. The van der Waals surface area contributed by atoms with Crippen molar-refractivity contribution < 1.29 is 4.74 Å². The molecule has 0 N–H and O–H groups in total. The second-order valence-electron chi connectivity index (χ2n) is 3.27. The van der Waals surface area contributed by atoms with Crippen molar-refractivity contribution in [1.29, 1.82) is 0 Å². The number of rotatable bonds is 0. The van der Waals surface area contributed by atoms with Crippen LogP contribution in [-0.4, -0.2) is 11.7 Å². The van der Waals surface area contributed by atoms with Crippen molar-refractivity contribution >= 4 is 0 Å². The second kappa shape index (κ2) is 1.10. The number of epoxide rings is 1. The van der Waals surface area contributed by atoms with Gasteiger partial charge in [-0.05, 0) is 25.7 Å². The zero-order chi connectivity index (χ0) is 5.78.